The molecule has 5 nitrogen and oxygen atoms in total. The Bertz CT molecular complexity index is 913. The molecular weight excluding hydrogens is 330 g/mol. The van der Waals surface area contributed by atoms with Crippen molar-refractivity contribution >= 4 is 17.7 Å². The van der Waals surface area contributed by atoms with Crippen molar-refractivity contribution in [3.8, 4) is 17.1 Å². The average molecular weight is 349 g/mol. The lowest BCUT2D eigenvalue weighted by atomic mass is 10.1. The number of anilines is 1. The Balaban J connectivity index is 1.80. The summed E-state index contributed by atoms with van der Waals surface area (Å²) in [7, 11) is 1.54. The van der Waals surface area contributed by atoms with Crippen LogP contribution in [0.1, 0.15) is 11.3 Å². The number of hydrogen-bond donors (Lipinski definition) is 2. The van der Waals surface area contributed by atoms with Crippen LogP contribution >= 0.6 is 0 Å². The molecule has 2 N–H and O–H groups in total. The van der Waals surface area contributed by atoms with Crippen LogP contribution in [0.4, 0.5) is 5.69 Å². The van der Waals surface area contributed by atoms with Crippen molar-refractivity contribution in [2.45, 2.75) is 6.61 Å². The van der Waals surface area contributed by atoms with Gasteiger partial charge in [-0.2, -0.15) is 0 Å². The lowest BCUT2D eigenvalue weighted by Gasteiger charge is -2.10. The highest BCUT2D eigenvalue weighted by atomic mass is 16.5. The third-order valence-electron chi connectivity index (χ3n) is 3.79. The zero-order chi connectivity index (χ0) is 18.4. The average Bonchev–Trinajstić information content (AvgIpc) is 3.16. The van der Waals surface area contributed by atoms with Crippen molar-refractivity contribution in [3.63, 3.8) is 0 Å². The van der Waals surface area contributed by atoms with Gasteiger partial charge in [0.2, 0.25) is 5.91 Å². The largest absolute Gasteiger partial charge is 0.495 e. The SMILES string of the molecule is COc1ccc(-c2ccc(CO)o2)cc1NC(=O)/C=C/c1ccccc1. The van der Waals surface area contributed by atoms with E-state index in [4.69, 9.17) is 14.3 Å². The van der Waals surface area contributed by atoms with E-state index in [-0.39, 0.29) is 12.5 Å². The number of aliphatic hydroxyl groups excluding tert-OH is 1. The number of benzene rings is 2. The highest BCUT2D eigenvalue weighted by molar-refractivity contribution is 6.03. The van der Waals surface area contributed by atoms with E-state index in [0.717, 1.165) is 11.1 Å². The number of rotatable bonds is 6. The minimum absolute atomic E-state index is 0.163. The highest BCUT2D eigenvalue weighted by Crippen LogP contribution is 2.31. The summed E-state index contributed by atoms with van der Waals surface area (Å²) in [5, 5.41) is 11.9. The van der Waals surface area contributed by atoms with Crippen LogP contribution in [0, 0.1) is 0 Å². The molecule has 1 aromatic heterocycles. The normalized spacial score (nSPS) is 10.8. The Kier molecular flexibility index (Phi) is 5.51. The van der Waals surface area contributed by atoms with Gasteiger partial charge in [0.05, 0.1) is 12.8 Å². The van der Waals surface area contributed by atoms with E-state index in [1.165, 1.54) is 6.08 Å². The second kappa shape index (κ2) is 8.18. The summed E-state index contributed by atoms with van der Waals surface area (Å²) in [6.45, 7) is -0.163. The van der Waals surface area contributed by atoms with Gasteiger partial charge in [-0.1, -0.05) is 30.3 Å². The second-order valence-corrected chi connectivity index (χ2v) is 5.57. The molecule has 0 aliphatic carbocycles. The first-order valence-electron chi connectivity index (χ1n) is 8.11. The van der Waals surface area contributed by atoms with E-state index in [1.807, 2.05) is 36.4 Å². The number of hydrogen-bond acceptors (Lipinski definition) is 4. The first kappa shape index (κ1) is 17.5. The molecule has 0 radical (unpaired) electrons. The zero-order valence-electron chi connectivity index (χ0n) is 14.3. The van der Waals surface area contributed by atoms with Crippen LogP contribution in [-0.2, 0) is 11.4 Å². The summed E-state index contributed by atoms with van der Waals surface area (Å²) >= 11 is 0. The lowest BCUT2D eigenvalue weighted by molar-refractivity contribution is -0.111. The molecule has 1 amide bonds. The van der Waals surface area contributed by atoms with Crippen LogP contribution in [0.25, 0.3) is 17.4 Å². The Hall–Kier alpha value is -3.31. The van der Waals surface area contributed by atoms with E-state index < -0.39 is 0 Å². The van der Waals surface area contributed by atoms with Gasteiger partial charge in [-0.25, -0.2) is 0 Å². The maximum absolute atomic E-state index is 12.2. The maximum atomic E-state index is 12.2. The molecule has 0 saturated carbocycles. The van der Waals surface area contributed by atoms with Crippen LogP contribution in [0.15, 0.2) is 71.2 Å². The van der Waals surface area contributed by atoms with E-state index in [1.54, 1.807) is 37.5 Å². The fourth-order valence-corrected chi connectivity index (χ4v) is 2.49. The molecule has 5 heteroatoms. The Labute approximate surface area is 151 Å². The number of furan rings is 1. The molecule has 3 rings (SSSR count). The van der Waals surface area contributed by atoms with E-state index >= 15 is 0 Å². The Morgan fingerprint density at radius 1 is 1.15 bits per heavy atom. The topological polar surface area (TPSA) is 71.7 Å². The number of aliphatic hydroxyl groups is 1. The first-order chi connectivity index (χ1) is 12.7. The first-order valence-corrected chi connectivity index (χ1v) is 8.11. The van der Waals surface area contributed by atoms with E-state index in [0.29, 0.717) is 23.0 Å². The molecule has 0 aliphatic heterocycles. The molecule has 3 aromatic rings. The van der Waals surface area contributed by atoms with Crippen LogP contribution in [0.2, 0.25) is 0 Å². The van der Waals surface area contributed by atoms with Gasteiger partial charge < -0.3 is 19.6 Å². The standard InChI is InChI=1S/C21H19NO4/c1-25-20-10-8-16(19-11-9-17(14-23)26-19)13-18(20)22-21(24)12-7-15-5-3-2-4-6-15/h2-13,23H,14H2,1H3,(H,22,24)/b12-7+. The Morgan fingerprint density at radius 3 is 2.65 bits per heavy atom. The number of carbonyl (C=O) groups is 1. The summed E-state index contributed by atoms with van der Waals surface area (Å²) in [4.78, 5) is 12.2. The molecule has 26 heavy (non-hydrogen) atoms. The summed E-state index contributed by atoms with van der Waals surface area (Å²) in [5.74, 6) is 1.36. The third-order valence-corrected chi connectivity index (χ3v) is 3.79. The number of amides is 1. The fourth-order valence-electron chi connectivity index (χ4n) is 2.49. The van der Waals surface area contributed by atoms with Crippen LogP contribution in [-0.4, -0.2) is 18.1 Å². The van der Waals surface area contributed by atoms with Crippen molar-refractivity contribution < 1.29 is 19.1 Å². The predicted octanol–water partition coefficient (Wildman–Crippen LogP) is 4.10. The number of nitrogens with one attached hydrogen (secondary N) is 1. The molecule has 132 valence electrons. The number of methoxy groups -OCH3 is 1. The van der Waals surface area contributed by atoms with Gasteiger partial charge in [-0.05, 0) is 42.0 Å². The quantitative estimate of drug-likeness (QED) is 0.657. The van der Waals surface area contributed by atoms with Crippen molar-refractivity contribution in [2.75, 3.05) is 12.4 Å². The van der Waals surface area contributed by atoms with Crippen LogP contribution in [0.3, 0.4) is 0 Å². The van der Waals surface area contributed by atoms with Crippen LogP contribution in [0.5, 0.6) is 5.75 Å². The Morgan fingerprint density at radius 2 is 1.96 bits per heavy atom. The monoisotopic (exact) mass is 349 g/mol. The number of carbonyl (C=O) groups excluding carboxylic acids is 1. The zero-order valence-corrected chi connectivity index (χ0v) is 14.3. The highest BCUT2D eigenvalue weighted by Gasteiger charge is 2.10. The smallest absolute Gasteiger partial charge is 0.248 e. The second-order valence-electron chi connectivity index (χ2n) is 5.57. The molecule has 2 aromatic carbocycles. The van der Waals surface area contributed by atoms with Crippen LogP contribution < -0.4 is 10.1 Å². The molecule has 0 atom stereocenters. The maximum Gasteiger partial charge on any atom is 0.248 e. The third kappa shape index (κ3) is 4.20. The number of ether oxygens (including phenoxy) is 1. The fraction of sp³-hybridized carbons (Fsp3) is 0.0952. The minimum atomic E-state index is -0.264. The lowest BCUT2D eigenvalue weighted by Crippen LogP contribution is -2.09. The van der Waals surface area contributed by atoms with E-state index in [2.05, 4.69) is 5.32 Å². The van der Waals surface area contributed by atoms with Gasteiger partial charge in [0.25, 0.3) is 0 Å². The summed E-state index contributed by atoms with van der Waals surface area (Å²) < 4.78 is 10.9. The summed E-state index contributed by atoms with van der Waals surface area (Å²) in [5.41, 5.74) is 2.25. The van der Waals surface area contributed by atoms with Crippen molar-refractivity contribution in [1.29, 1.82) is 0 Å². The van der Waals surface area contributed by atoms with Gasteiger partial charge in [0.1, 0.15) is 23.9 Å². The van der Waals surface area contributed by atoms with Crippen molar-refractivity contribution in [3.05, 3.63) is 78.1 Å². The van der Waals surface area contributed by atoms with Crippen molar-refractivity contribution in [2.24, 2.45) is 0 Å². The van der Waals surface area contributed by atoms with Gasteiger partial charge in [0, 0.05) is 11.6 Å². The molecule has 0 saturated heterocycles. The summed E-state index contributed by atoms with van der Waals surface area (Å²) in [6, 6.07) is 18.4. The molecular formula is C21H19NO4. The van der Waals surface area contributed by atoms with Crippen molar-refractivity contribution in [1.82, 2.24) is 0 Å². The molecule has 0 unspecified atom stereocenters. The summed E-state index contributed by atoms with van der Waals surface area (Å²) in [6.07, 6.45) is 3.21. The van der Waals surface area contributed by atoms with Gasteiger partial charge >= 0.3 is 0 Å². The molecule has 0 spiro atoms. The van der Waals surface area contributed by atoms with Gasteiger partial charge in [-0.15, -0.1) is 0 Å². The molecule has 1 heterocycles. The molecule has 0 bridgehead atoms. The van der Waals surface area contributed by atoms with Gasteiger partial charge in [0.15, 0.2) is 0 Å². The molecule has 0 aliphatic rings. The van der Waals surface area contributed by atoms with Gasteiger partial charge in [-0.3, -0.25) is 4.79 Å². The van der Waals surface area contributed by atoms with E-state index in [9.17, 15) is 4.79 Å². The minimum Gasteiger partial charge on any atom is -0.495 e. The molecule has 0 fully saturated rings. The predicted molar refractivity (Wildman–Crippen MR) is 101 cm³/mol.